The van der Waals surface area contributed by atoms with Crippen molar-refractivity contribution in [3.8, 4) is 28.7 Å². The van der Waals surface area contributed by atoms with Gasteiger partial charge in [-0.05, 0) is 54.6 Å². The summed E-state index contributed by atoms with van der Waals surface area (Å²) in [5.41, 5.74) is 4.93. The van der Waals surface area contributed by atoms with Crippen molar-refractivity contribution in [2.75, 3.05) is 11.2 Å². The van der Waals surface area contributed by atoms with Crippen LogP contribution in [0.3, 0.4) is 0 Å². The van der Waals surface area contributed by atoms with Crippen LogP contribution in [0, 0.1) is 0 Å². The molecule has 0 atom stereocenters. The summed E-state index contributed by atoms with van der Waals surface area (Å²) in [6, 6.07) is 21.8. The first-order valence-electron chi connectivity index (χ1n) is 11.5. The molecular weight excluding hydrogens is 583 g/mol. The third-order valence-electron chi connectivity index (χ3n) is 6.52. The predicted molar refractivity (Wildman–Crippen MR) is 137 cm³/mol. The van der Waals surface area contributed by atoms with E-state index in [0.717, 1.165) is 57.3 Å². The molecule has 3 aliphatic heterocycles. The molecule has 0 amide bonds. The van der Waals surface area contributed by atoms with Crippen molar-refractivity contribution in [2.24, 2.45) is 0 Å². The zero-order chi connectivity index (χ0) is 28.9. The molecule has 0 fully saturated rings. The first kappa shape index (κ1) is 26.3. The number of ether oxygens (including phenoxy) is 2. The van der Waals surface area contributed by atoms with Crippen molar-refractivity contribution in [1.82, 2.24) is 0 Å². The average molecular weight is 600 g/mol. The number of benzene rings is 4. The SMILES string of the molecule is CS(=O)(=O)c1ccc(O)c(N2c3cccc4c3C3c5c(cccc5Oc5cccc2c53)O4)c1.F[P-](F)(F)(F)(F)F. The van der Waals surface area contributed by atoms with E-state index in [1.807, 2.05) is 59.5 Å². The van der Waals surface area contributed by atoms with Crippen molar-refractivity contribution in [2.45, 2.75) is 10.8 Å². The van der Waals surface area contributed by atoms with Gasteiger partial charge in [-0.25, -0.2) is 8.42 Å². The van der Waals surface area contributed by atoms with E-state index in [2.05, 4.69) is 0 Å². The number of nitrogens with zero attached hydrogens (tertiary/aromatic N) is 1. The van der Waals surface area contributed by atoms with Crippen LogP contribution in [0.2, 0.25) is 0 Å². The minimum absolute atomic E-state index is 0.0226. The summed E-state index contributed by atoms with van der Waals surface area (Å²) < 4.78 is 96.3. The van der Waals surface area contributed by atoms with Crippen LogP contribution >= 0.6 is 7.81 Å². The van der Waals surface area contributed by atoms with Crippen LogP contribution < -0.4 is 14.4 Å². The van der Waals surface area contributed by atoms with Gasteiger partial charge in [-0.15, -0.1) is 0 Å². The molecule has 4 aromatic rings. The van der Waals surface area contributed by atoms with E-state index in [1.165, 1.54) is 18.2 Å². The first-order chi connectivity index (χ1) is 18.4. The number of halogens is 6. The van der Waals surface area contributed by atoms with E-state index in [9.17, 15) is 38.7 Å². The topological polar surface area (TPSA) is 76.1 Å². The molecule has 3 aliphatic rings. The van der Waals surface area contributed by atoms with Crippen molar-refractivity contribution >= 4 is 34.7 Å². The standard InChI is InChI=1S/C26H17NO5S.F6P/c1-33(29,30)14-11-12-18(28)17(13-14)27-15-5-2-7-19-23(15)26-24-16(27)6-3-8-20(24)32-22-10-4-9-21(31-19)25(22)26;1-7(2,3,4,5)6/h2-13,26,28H,1H3;/q;-1. The summed E-state index contributed by atoms with van der Waals surface area (Å²) in [4.78, 5) is 2.02. The van der Waals surface area contributed by atoms with Crippen molar-refractivity contribution in [1.29, 1.82) is 0 Å². The van der Waals surface area contributed by atoms with Crippen molar-refractivity contribution < 1.29 is 48.2 Å². The first-order valence-corrected chi connectivity index (χ1v) is 15.4. The summed E-state index contributed by atoms with van der Waals surface area (Å²) in [7, 11) is -14.1. The Bertz CT molecular complexity index is 1780. The zero-order valence-corrected chi connectivity index (χ0v) is 21.9. The average Bonchev–Trinajstić information content (AvgIpc) is 2.82. The van der Waals surface area contributed by atoms with Gasteiger partial charge >= 0.3 is 33.0 Å². The number of phenolic OH excluding ortho intramolecular Hbond substituents is 1. The number of phenols is 1. The molecule has 1 N–H and O–H groups in total. The Morgan fingerprint density at radius 2 is 1.12 bits per heavy atom. The van der Waals surface area contributed by atoms with Crippen molar-refractivity contribution in [3.63, 3.8) is 0 Å². The zero-order valence-electron chi connectivity index (χ0n) is 20.2. The molecule has 7 rings (SSSR count). The summed E-state index contributed by atoms with van der Waals surface area (Å²) >= 11 is 0. The van der Waals surface area contributed by atoms with E-state index >= 15 is 0 Å². The van der Waals surface area contributed by atoms with Gasteiger partial charge in [0.25, 0.3) is 0 Å². The molecule has 4 aromatic carbocycles. The molecule has 0 saturated heterocycles. The van der Waals surface area contributed by atoms with Crippen LogP contribution in [-0.4, -0.2) is 19.8 Å². The number of anilines is 3. The maximum atomic E-state index is 12.3. The van der Waals surface area contributed by atoms with Gasteiger partial charge in [0.1, 0.15) is 28.7 Å². The second-order valence-corrected chi connectivity index (χ2v) is 13.3. The maximum absolute atomic E-state index is 12.3. The third-order valence-corrected chi connectivity index (χ3v) is 7.63. The van der Waals surface area contributed by atoms with Crippen LogP contribution in [0.4, 0.5) is 42.2 Å². The fourth-order valence-electron chi connectivity index (χ4n) is 5.17. The van der Waals surface area contributed by atoms with Gasteiger partial charge in [-0.2, -0.15) is 0 Å². The molecule has 0 bridgehead atoms. The fraction of sp³-hybridized carbons (Fsp3) is 0.0769. The molecular formula is C26H17F6NO5PS-. The molecule has 40 heavy (non-hydrogen) atoms. The molecule has 0 aromatic heterocycles. The Labute approximate surface area is 223 Å². The van der Waals surface area contributed by atoms with Gasteiger partial charge in [0.15, 0.2) is 9.84 Å². The number of hydrogen-bond donors (Lipinski definition) is 1. The predicted octanol–water partition coefficient (Wildman–Crippen LogP) is 9.35. The van der Waals surface area contributed by atoms with Gasteiger partial charge in [0.05, 0.1) is 27.9 Å². The molecule has 0 spiro atoms. The van der Waals surface area contributed by atoms with Crippen LogP contribution in [0.25, 0.3) is 0 Å². The Kier molecular flexibility index (Phi) is 5.00. The van der Waals surface area contributed by atoms with Crippen LogP contribution in [-0.2, 0) is 9.84 Å². The summed E-state index contributed by atoms with van der Waals surface area (Å²) in [5, 5.41) is 10.9. The van der Waals surface area contributed by atoms with E-state index in [1.54, 1.807) is 0 Å². The van der Waals surface area contributed by atoms with E-state index < -0.39 is 17.6 Å². The van der Waals surface area contributed by atoms with Gasteiger partial charge in [0.2, 0.25) is 0 Å². The molecule has 0 unspecified atom stereocenters. The monoisotopic (exact) mass is 600 g/mol. The molecule has 0 radical (unpaired) electrons. The Hall–Kier alpha value is -3.96. The molecule has 0 aliphatic carbocycles. The van der Waals surface area contributed by atoms with Gasteiger partial charge in [-0.3, -0.25) is 0 Å². The Balaban J connectivity index is 0.000000370. The van der Waals surface area contributed by atoms with Gasteiger partial charge in [-0.1, -0.05) is 18.2 Å². The number of hydrogen-bond acceptors (Lipinski definition) is 6. The Morgan fingerprint density at radius 1 is 0.700 bits per heavy atom. The summed E-state index contributed by atoms with van der Waals surface area (Å²) in [5.74, 6) is 2.87. The summed E-state index contributed by atoms with van der Waals surface area (Å²) in [6.45, 7) is 0. The molecule has 210 valence electrons. The molecule has 6 nitrogen and oxygen atoms in total. The fourth-order valence-corrected chi connectivity index (χ4v) is 5.81. The van der Waals surface area contributed by atoms with E-state index in [0.29, 0.717) is 5.69 Å². The second kappa shape index (κ2) is 7.61. The van der Waals surface area contributed by atoms with Crippen LogP contribution in [0.5, 0.6) is 28.7 Å². The van der Waals surface area contributed by atoms with Crippen LogP contribution in [0.15, 0.2) is 77.7 Å². The van der Waals surface area contributed by atoms with E-state index in [-0.39, 0.29) is 16.6 Å². The normalized spacial score (nSPS) is 16.3. The number of rotatable bonds is 2. The number of sulfone groups is 1. The van der Waals surface area contributed by atoms with Crippen LogP contribution in [0.1, 0.15) is 22.6 Å². The van der Waals surface area contributed by atoms with Gasteiger partial charge < -0.3 is 19.5 Å². The molecule has 0 saturated carbocycles. The number of aromatic hydroxyl groups is 1. The molecule has 14 heteroatoms. The Morgan fingerprint density at radius 3 is 1.57 bits per heavy atom. The quantitative estimate of drug-likeness (QED) is 0.157. The summed E-state index contributed by atoms with van der Waals surface area (Å²) in [6.07, 6.45) is 1.16. The second-order valence-electron chi connectivity index (χ2n) is 9.40. The van der Waals surface area contributed by atoms with Crippen molar-refractivity contribution in [3.05, 3.63) is 89.5 Å². The molecule has 3 heterocycles. The van der Waals surface area contributed by atoms with Gasteiger partial charge in [0, 0.05) is 22.9 Å². The van der Waals surface area contributed by atoms with E-state index in [4.69, 9.17) is 9.47 Å². The minimum atomic E-state index is -10.7. The third kappa shape index (κ3) is 4.69.